The minimum absolute atomic E-state index is 0.0705. The van der Waals surface area contributed by atoms with Gasteiger partial charge in [-0.25, -0.2) is 10.3 Å². The van der Waals surface area contributed by atoms with Crippen molar-refractivity contribution in [1.29, 1.82) is 0 Å². The van der Waals surface area contributed by atoms with E-state index in [0.717, 1.165) is 0 Å². The normalized spacial score (nSPS) is 11.6. The second kappa shape index (κ2) is 6.40. The summed E-state index contributed by atoms with van der Waals surface area (Å²) in [5.74, 6) is -2.37. The van der Waals surface area contributed by atoms with E-state index in [-0.39, 0.29) is 5.76 Å². The van der Waals surface area contributed by atoms with Gasteiger partial charge in [-0.05, 0) is 19.1 Å². The Hall–Kier alpha value is -2.35. The summed E-state index contributed by atoms with van der Waals surface area (Å²) in [7, 11) is 0. The standard InChI is InChI=1S/C10H12N2O6/c1-6(9(15)12-18-5-8(13)14)11-10(16)7-3-2-4-17-7/h2-4,6H,5H2,1H3,(H,11,16)(H,12,15)(H,13,14). The Kier molecular flexibility index (Phi) is 4.88. The highest BCUT2D eigenvalue weighted by molar-refractivity contribution is 5.95. The smallest absolute Gasteiger partial charge is 0.332 e. The van der Waals surface area contributed by atoms with E-state index in [4.69, 9.17) is 9.52 Å². The van der Waals surface area contributed by atoms with Gasteiger partial charge in [-0.1, -0.05) is 0 Å². The molecule has 1 aromatic heterocycles. The van der Waals surface area contributed by atoms with Crippen LogP contribution in [0.4, 0.5) is 0 Å². The number of carboxylic acids is 1. The average molecular weight is 256 g/mol. The number of carboxylic acid groups (broad SMARTS) is 1. The molecule has 0 aromatic carbocycles. The van der Waals surface area contributed by atoms with Gasteiger partial charge < -0.3 is 14.8 Å². The molecule has 8 nitrogen and oxygen atoms in total. The number of carbonyl (C=O) groups is 3. The molecular formula is C10H12N2O6. The van der Waals surface area contributed by atoms with Crippen LogP contribution in [0.15, 0.2) is 22.8 Å². The molecule has 18 heavy (non-hydrogen) atoms. The summed E-state index contributed by atoms with van der Waals surface area (Å²) in [5.41, 5.74) is 1.90. The molecule has 0 radical (unpaired) electrons. The van der Waals surface area contributed by atoms with E-state index < -0.39 is 30.4 Å². The van der Waals surface area contributed by atoms with Crippen molar-refractivity contribution in [2.45, 2.75) is 13.0 Å². The number of hydroxylamine groups is 1. The third-order valence-corrected chi connectivity index (χ3v) is 1.85. The molecule has 0 bridgehead atoms. The SMILES string of the molecule is CC(NC(=O)c1ccco1)C(=O)NOCC(=O)O. The third kappa shape index (κ3) is 4.26. The third-order valence-electron chi connectivity index (χ3n) is 1.85. The first-order valence-corrected chi connectivity index (χ1v) is 4.98. The molecule has 2 amide bonds. The molecule has 0 aliphatic carbocycles. The molecule has 1 unspecified atom stereocenters. The number of amides is 2. The molecule has 1 aromatic rings. The number of rotatable bonds is 6. The fourth-order valence-electron chi connectivity index (χ4n) is 0.998. The van der Waals surface area contributed by atoms with Crippen molar-refractivity contribution in [2.75, 3.05) is 6.61 Å². The van der Waals surface area contributed by atoms with Gasteiger partial charge in [0.2, 0.25) is 0 Å². The van der Waals surface area contributed by atoms with Crippen LogP contribution in [0, 0.1) is 0 Å². The van der Waals surface area contributed by atoms with Crippen LogP contribution >= 0.6 is 0 Å². The first-order chi connectivity index (χ1) is 8.50. The lowest BCUT2D eigenvalue weighted by Crippen LogP contribution is -2.45. The lowest BCUT2D eigenvalue weighted by molar-refractivity contribution is -0.149. The summed E-state index contributed by atoms with van der Waals surface area (Å²) < 4.78 is 4.84. The van der Waals surface area contributed by atoms with E-state index >= 15 is 0 Å². The zero-order valence-electron chi connectivity index (χ0n) is 9.50. The number of aliphatic carboxylic acids is 1. The lowest BCUT2D eigenvalue weighted by Gasteiger charge is -2.12. The molecule has 98 valence electrons. The highest BCUT2D eigenvalue weighted by Gasteiger charge is 2.18. The van der Waals surface area contributed by atoms with Gasteiger partial charge >= 0.3 is 5.97 Å². The Morgan fingerprint density at radius 2 is 2.22 bits per heavy atom. The quantitative estimate of drug-likeness (QED) is 0.592. The molecular weight excluding hydrogens is 244 g/mol. The summed E-state index contributed by atoms with van der Waals surface area (Å²) in [5, 5.41) is 10.6. The highest BCUT2D eigenvalue weighted by atomic mass is 16.7. The van der Waals surface area contributed by atoms with E-state index in [1.54, 1.807) is 0 Å². The van der Waals surface area contributed by atoms with Crippen LogP contribution < -0.4 is 10.8 Å². The molecule has 0 saturated heterocycles. The van der Waals surface area contributed by atoms with E-state index in [0.29, 0.717) is 0 Å². The Morgan fingerprint density at radius 3 is 2.78 bits per heavy atom. The summed E-state index contributed by atoms with van der Waals surface area (Å²) in [4.78, 5) is 37.3. The Balaban J connectivity index is 2.35. The van der Waals surface area contributed by atoms with E-state index in [1.165, 1.54) is 25.3 Å². The highest BCUT2D eigenvalue weighted by Crippen LogP contribution is 1.99. The number of nitrogens with one attached hydrogen (secondary N) is 2. The fraction of sp³-hybridized carbons (Fsp3) is 0.300. The molecule has 3 N–H and O–H groups in total. The van der Waals surface area contributed by atoms with Gasteiger partial charge in [0.15, 0.2) is 12.4 Å². The zero-order chi connectivity index (χ0) is 13.5. The van der Waals surface area contributed by atoms with Gasteiger partial charge in [-0.15, -0.1) is 0 Å². The van der Waals surface area contributed by atoms with Gasteiger partial charge in [0.1, 0.15) is 6.04 Å². The Labute approximate surface area is 102 Å². The number of hydrogen-bond donors (Lipinski definition) is 3. The Morgan fingerprint density at radius 1 is 1.50 bits per heavy atom. The van der Waals surface area contributed by atoms with E-state index in [9.17, 15) is 14.4 Å². The molecule has 1 rings (SSSR count). The van der Waals surface area contributed by atoms with Crippen molar-refractivity contribution in [2.24, 2.45) is 0 Å². The van der Waals surface area contributed by atoms with Crippen LogP contribution in [0.25, 0.3) is 0 Å². The first-order valence-electron chi connectivity index (χ1n) is 4.98. The summed E-state index contributed by atoms with van der Waals surface area (Å²) in [6, 6.07) is 2.09. The van der Waals surface area contributed by atoms with E-state index in [1.807, 2.05) is 5.48 Å². The minimum Gasteiger partial charge on any atom is -0.479 e. The molecule has 1 atom stereocenters. The second-order valence-electron chi connectivity index (χ2n) is 3.32. The minimum atomic E-state index is -1.22. The predicted molar refractivity (Wildman–Crippen MR) is 57.4 cm³/mol. The lowest BCUT2D eigenvalue weighted by atomic mass is 10.3. The maximum absolute atomic E-state index is 11.5. The van der Waals surface area contributed by atoms with Gasteiger partial charge in [0.25, 0.3) is 11.8 Å². The molecule has 0 aliphatic rings. The van der Waals surface area contributed by atoms with Crippen molar-refractivity contribution >= 4 is 17.8 Å². The first kappa shape index (κ1) is 13.7. The van der Waals surface area contributed by atoms with Gasteiger partial charge in [0, 0.05) is 0 Å². The van der Waals surface area contributed by atoms with Gasteiger partial charge in [0.05, 0.1) is 6.26 Å². The number of furan rings is 1. The molecule has 0 fully saturated rings. The van der Waals surface area contributed by atoms with Crippen LogP contribution in [0.2, 0.25) is 0 Å². The Bertz CT molecular complexity index is 428. The summed E-state index contributed by atoms with van der Waals surface area (Å²) in [6.45, 7) is 0.755. The maximum Gasteiger partial charge on any atom is 0.332 e. The summed E-state index contributed by atoms with van der Waals surface area (Å²) in [6.07, 6.45) is 1.33. The van der Waals surface area contributed by atoms with Crippen molar-refractivity contribution in [1.82, 2.24) is 10.8 Å². The maximum atomic E-state index is 11.5. The van der Waals surface area contributed by atoms with Crippen molar-refractivity contribution in [3.05, 3.63) is 24.2 Å². The van der Waals surface area contributed by atoms with Crippen LogP contribution in [0.3, 0.4) is 0 Å². The van der Waals surface area contributed by atoms with Crippen LogP contribution in [-0.4, -0.2) is 35.5 Å². The molecule has 1 heterocycles. The monoisotopic (exact) mass is 256 g/mol. The zero-order valence-corrected chi connectivity index (χ0v) is 9.50. The van der Waals surface area contributed by atoms with E-state index in [2.05, 4.69) is 10.2 Å². The van der Waals surface area contributed by atoms with Crippen molar-refractivity contribution < 1.29 is 28.7 Å². The average Bonchev–Trinajstić information content (AvgIpc) is 2.81. The molecule has 0 saturated carbocycles. The molecule has 8 heteroatoms. The van der Waals surface area contributed by atoms with Crippen LogP contribution in [-0.2, 0) is 14.4 Å². The second-order valence-corrected chi connectivity index (χ2v) is 3.32. The van der Waals surface area contributed by atoms with Crippen LogP contribution in [0.5, 0.6) is 0 Å². The van der Waals surface area contributed by atoms with Gasteiger partial charge in [-0.2, -0.15) is 0 Å². The number of hydrogen-bond acceptors (Lipinski definition) is 5. The van der Waals surface area contributed by atoms with Gasteiger partial charge in [-0.3, -0.25) is 14.4 Å². The van der Waals surface area contributed by atoms with Crippen LogP contribution in [0.1, 0.15) is 17.5 Å². The fourth-order valence-corrected chi connectivity index (χ4v) is 0.998. The van der Waals surface area contributed by atoms with Crippen molar-refractivity contribution in [3.8, 4) is 0 Å². The largest absolute Gasteiger partial charge is 0.479 e. The van der Waals surface area contributed by atoms with Crippen molar-refractivity contribution in [3.63, 3.8) is 0 Å². The molecule has 0 spiro atoms. The summed E-state index contributed by atoms with van der Waals surface area (Å²) >= 11 is 0. The number of carbonyl (C=O) groups excluding carboxylic acids is 2. The topological polar surface area (TPSA) is 118 Å². The molecule has 0 aliphatic heterocycles. The predicted octanol–water partition coefficient (Wildman–Crippen LogP) is -0.470.